The number of aliphatic carboxylic acids is 3. The molecule has 4 amide bonds. The molecule has 0 aliphatic carbocycles. The second-order valence-corrected chi connectivity index (χ2v) is 8.46. The van der Waals surface area contributed by atoms with Gasteiger partial charge < -0.3 is 36.2 Å². The van der Waals surface area contributed by atoms with Crippen molar-refractivity contribution in [1.29, 1.82) is 0 Å². The van der Waals surface area contributed by atoms with Crippen molar-refractivity contribution in [1.82, 2.24) is 20.9 Å². The number of amides is 4. The topological polar surface area (TPSA) is 220 Å². The Morgan fingerprint density at radius 1 is 0.714 bits per heavy atom. The van der Waals surface area contributed by atoms with Gasteiger partial charge >= 0.3 is 17.9 Å². The highest BCUT2D eigenvalue weighted by Gasteiger charge is 2.33. The molecule has 0 aromatic heterocycles. The highest BCUT2D eigenvalue weighted by Crippen LogP contribution is 2.07. The summed E-state index contributed by atoms with van der Waals surface area (Å²) in [5, 5.41) is 33.5. The molecule has 0 aliphatic heterocycles. The van der Waals surface area contributed by atoms with E-state index in [1.807, 2.05) is 13.8 Å². The maximum absolute atomic E-state index is 12.7. The first kappa shape index (κ1) is 31.3. The van der Waals surface area contributed by atoms with Gasteiger partial charge in [-0.15, -0.1) is 0 Å². The molecule has 0 bridgehead atoms. The van der Waals surface area contributed by atoms with Gasteiger partial charge in [-0.2, -0.15) is 0 Å². The Morgan fingerprint density at radius 2 is 1.11 bits per heavy atom. The Hall–Kier alpha value is -3.71. The predicted octanol–water partition coefficient (Wildman–Crippen LogP) is -1.22. The van der Waals surface area contributed by atoms with Gasteiger partial charge in [-0.25, -0.2) is 0 Å². The summed E-state index contributed by atoms with van der Waals surface area (Å²) in [4.78, 5) is 84.0. The number of carboxylic acids is 3. The summed E-state index contributed by atoms with van der Waals surface area (Å²) in [6.45, 7) is 5.33. The second-order valence-electron chi connectivity index (χ2n) is 8.46. The Morgan fingerprint density at radius 3 is 1.51 bits per heavy atom. The summed E-state index contributed by atoms with van der Waals surface area (Å²) < 4.78 is 0. The Kier molecular flexibility index (Phi) is 13.6. The summed E-state index contributed by atoms with van der Waals surface area (Å²) in [5.74, 6) is -7.72. The molecular formula is C21H34N4O10. The normalized spacial score (nSPS) is 13.2. The first-order chi connectivity index (χ1) is 16.1. The van der Waals surface area contributed by atoms with E-state index in [0.29, 0.717) is 18.9 Å². The van der Waals surface area contributed by atoms with Crippen LogP contribution >= 0.6 is 0 Å². The average molecular weight is 503 g/mol. The number of rotatable bonds is 16. The van der Waals surface area contributed by atoms with E-state index in [2.05, 4.69) is 16.0 Å². The summed E-state index contributed by atoms with van der Waals surface area (Å²) in [5.41, 5.74) is 0. The second kappa shape index (κ2) is 15.2. The zero-order chi connectivity index (χ0) is 27.3. The van der Waals surface area contributed by atoms with Crippen LogP contribution in [0.4, 0.5) is 0 Å². The highest BCUT2D eigenvalue weighted by molar-refractivity contribution is 5.97. The lowest BCUT2D eigenvalue weighted by atomic mass is 10.1. The SMILES string of the molecule is CC(=O)NC(CC(=O)O)C(=O)NC(CC(=O)O)C(=O)NC(CC(=O)O)C(=O)N(C)CCCC(C)C. The third-order valence-corrected chi connectivity index (χ3v) is 4.73. The van der Waals surface area contributed by atoms with Gasteiger partial charge in [0.05, 0.1) is 19.3 Å². The molecule has 0 aromatic rings. The zero-order valence-electron chi connectivity index (χ0n) is 20.2. The van der Waals surface area contributed by atoms with Gasteiger partial charge in [-0.1, -0.05) is 13.8 Å². The van der Waals surface area contributed by atoms with Gasteiger partial charge in [0.1, 0.15) is 18.1 Å². The van der Waals surface area contributed by atoms with Crippen LogP contribution in [0, 0.1) is 5.92 Å². The fourth-order valence-electron chi connectivity index (χ4n) is 3.05. The number of nitrogens with one attached hydrogen (secondary N) is 3. The van der Waals surface area contributed by atoms with Crippen LogP contribution in [0.15, 0.2) is 0 Å². The van der Waals surface area contributed by atoms with E-state index in [1.165, 1.54) is 11.9 Å². The van der Waals surface area contributed by atoms with E-state index in [0.717, 1.165) is 13.3 Å². The number of carbonyl (C=O) groups excluding carboxylic acids is 4. The molecule has 14 nitrogen and oxygen atoms in total. The molecule has 0 radical (unpaired) electrons. The molecule has 0 fully saturated rings. The third-order valence-electron chi connectivity index (χ3n) is 4.73. The van der Waals surface area contributed by atoms with Crippen LogP contribution in [0.5, 0.6) is 0 Å². The average Bonchev–Trinajstić information content (AvgIpc) is 2.69. The molecule has 0 rings (SSSR count). The van der Waals surface area contributed by atoms with Crippen molar-refractivity contribution in [2.24, 2.45) is 5.92 Å². The molecule has 3 atom stereocenters. The number of carboxylic acid groups (broad SMARTS) is 3. The Labute approximate surface area is 202 Å². The first-order valence-electron chi connectivity index (χ1n) is 10.9. The lowest BCUT2D eigenvalue weighted by Crippen LogP contribution is -2.57. The molecule has 0 saturated carbocycles. The molecule has 0 aliphatic rings. The van der Waals surface area contributed by atoms with Crippen LogP contribution in [0.2, 0.25) is 0 Å². The van der Waals surface area contributed by atoms with E-state index >= 15 is 0 Å². The van der Waals surface area contributed by atoms with Crippen molar-refractivity contribution in [2.75, 3.05) is 13.6 Å². The molecule has 0 spiro atoms. The largest absolute Gasteiger partial charge is 0.481 e. The quantitative estimate of drug-likeness (QED) is 0.148. The van der Waals surface area contributed by atoms with Crippen molar-refractivity contribution in [3.05, 3.63) is 0 Å². The van der Waals surface area contributed by atoms with Crippen LogP contribution < -0.4 is 16.0 Å². The maximum atomic E-state index is 12.7. The molecule has 14 heteroatoms. The Balaban J connectivity index is 5.59. The van der Waals surface area contributed by atoms with E-state index in [4.69, 9.17) is 15.3 Å². The van der Waals surface area contributed by atoms with Crippen molar-refractivity contribution in [3.8, 4) is 0 Å². The standard InChI is InChI=1S/C21H34N4O10/c1-11(2)6-5-7-25(4)21(35)15(10-18(31)32)24-20(34)14(9-17(29)30)23-19(33)13(8-16(27)28)22-12(3)26/h11,13-15H,5-10H2,1-4H3,(H,22,26)(H,23,33)(H,24,34)(H,27,28)(H,29,30)(H,31,32). The molecule has 35 heavy (non-hydrogen) atoms. The summed E-state index contributed by atoms with van der Waals surface area (Å²) in [6.07, 6.45) is -1.13. The third kappa shape index (κ3) is 13.6. The monoisotopic (exact) mass is 502 g/mol. The van der Waals surface area contributed by atoms with E-state index in [9.17, 15) is 33.6 Å². The summed E-state index contributed by atoms with van der Waals surface area (Å²) in [6, 6.07) is -4.92. The van der Waals surface area contributed by atoms with Gasteiger partial charge in [0, 0.05) is 20.5 Å². The minimum atomic E-state index is -1.78. The lowest BCUT2D eigenvalue weighted by molar-refractivity contribution is -0.145. The van der Waals surface area contributed by atoms with Crippen molar-refractivity contribution in [3.63, 3.8) is 0 Å². The number of nitrogens with zero attached hydrogens (tertiary/aromatic N) is 1. The fraction of sp³-hybridized carbons (Fsp3) is 0.667. The predicted molar refractivity (Wildman–Crippen MR) is 120 cm³/mol. The first-order valence-corrected chi connectivity index (χ1v) is 10.9. The van der Waals surface area contributed by atoms with Crippen LogP contribution in [-0.4, -0.2) is 93.5 Å². The van der Waals surface area contributed by atoms with Crippen LogP contribution in [0.1, 0.15) is 52.9 Å². The summed E-state index contributed by atoms with van der Waals surface area (Å²) >= 11 is 0. The van der Waals surface area contributed by atoms with Gasteiger partial charge in [-0.3, -0.25) is 33.6 Å². The molecule has 0 aromatic carbocycles. The molecular weight excluding hydrogens is 468 g/mol. The molecule has 0 saturated heterocycles. The number of hydrogen-bond acceptors (Lipinski definition) is 7. The van der Waals surface area contributed by atoms with Gasteiger partial charge in [0.25, 0.3) is 0 Å². The highest BCUT2D eigenvalue weighted by atomic mass is 16.4. The zero-order valence-corrected chi connectivity index (χ0v) is 20.2. The molecule has 3 unspecified atom stereocenters. The van der Waals surface area contributed by atoms with Crippen molar-refractivity contribution in [2.45, 2.75) is 71.0 Å². The van der Waals surface area contributed by atoms with Crippen LogP contribution in [0.3, 0.4) is 0 Å². The van der Waals surface area contributed by atoms with E-state index in [-0.39, 0.29) is 0 Å². The van der Waals surface area contributed by atoms with Gasteiger partial charge in [0.2, 0.25) is 23.6 Å². The fourth-order valence-corrected chi connectivity index (χ4v) is 3.05. The maximum Gasteiger partial charge on any atom is 0.305 e. The minimum absolute atomic E-state index is 0.297. The number of carbonyl (C=O) groups is 7. The number of hydrogen-bond donors (Lipinski definition) is 6. The van der Waals surface area contributed by atoms with Crippen molar-refractivity contribution >= 4 is 41.5 Å². The Bertz CT molecular complexity index is 798. The van der Waals surface area contributed by atoms with Gasteiger partial charge in [-0.05, 0) is 18.8 Å². The summed E-state index contributed by atoms with van der Waals surface area (Å²) in [7, 11) is 1.43. The van der Waals surface area contributed by atoms with E-state index in [1.54, 1.807) is 0 Å². The van der Waals surface area contributed by atoms with Crippen LogP contribution in [0.25, 0.3) is 0 Å². The lowest BCUT2D eigenvalue weighted by Gasteiger charge is -2.26. The number of likely N-dealkylation sites (N-methyl/N-ethyl adjacent to an activating group) is 1. The minimum Gasteiger partial charge on any atom is -0.481 e. The molecule has 6 N–H and O–H groups in total. The van der Waals surface area contributed by atoms with Gasteiger partial charge in [0.15, 0.2) is 0 Å². The van der Waals surface area contributed by atoms with Crippen molar-refractivity contribution < 1.29 is 48.9 Å². The smallest absolute Gasteiger partial charge is 0.305 e. The van der Waals surface area contributed by atoms with E-state index < -0.39 is 78.9 Å². The molecule has 0 heterocycles. The van der Waals surface area contributed by atoms with Crippen LogP contribution in [-0.2, 0) is 33.6 Å². The molecule has 198 valence electrons.